The first kappa shape index (κ1) is 17.1. The van der Waals surface area contributed by atoms with Gasteiger partial charge in [0.05, 0.1) is 28.3 Å². The molecule has 138 valence electrons. The van der Waals surface area contributed by atoms with Crippen LogP contribution in [0.15, 0.2) is 30.5 Å². The smallest absolute Gasteiger partial charge is 0.261 e. The van der Waals surface area contributed by atoms with E-state index in [0.717, 1.165) is 35.5 Å². The van der Waals surface area contributed by atoms with Gasteiger partial charge in [0, 0.05) is 24.2 Å². The molecule has 0 saturated carbocycles. The number of H-pyrrole nitrogens is 1. The molecule has 2 heterocycles. The molecule has 2 N–H and O–H groups in total. The predicted octanol–water partition coefficient (Wildman–Crippen LogP) is 3.93. The number of nitrogens with zero attached hydrogens (tertiary/aromatic N) is 3. The van der Waals surface area contributed by atoms with Crippen molar-refractivity contribution in [3.63, 3.8) is 0 Å². The van der Waals surface area contributed by atoms with Crippen LogP contribution in [0.1, 0.15) is 29.4 Å². The fraction of sp³-hybridized carbons (Fsp3) is 0.211. The molecule has 0 aliphatic heterocycles. The Labute approximate surface area is 153 Å². The molecule has 0 radical (unpaired) electrons. The van der Waals surface area contributed by atoms with E-state index in [9.17, 15) is 13.6 Å². The van der Waals surface area contributed by atoms with Crippen molar-refractivity contribution in [3.8, 4) is 0 Å². The van der Waals surface area contributed by atoms with Crippen LogP contribution in [0.25, 0.3) is 21.8 Å². The number of anilines is 1. The first-order chi connectivity index (χ1) is 13.0. The number of carbonyl (C=O) groups excluding carboxylic acids is 1. The van der Waals surface area contributed by atoms with Crippen LogP contribution in [0.3, 0.4) is 0 Å². The quantitative estimate of drug-likeness (QED) is 0.572. The van der Waals surface area contributed by atoms with Crippen molar-refractivity contribution in [2.24, 2.45) is 7.05 Å². The molecule has 0 fully saturated rings. The molecule has 2 aromatic carbocycles. The molecule has 0 bridgehead atoms. The second-order valence-electron chi connectivity index (χ2n) is 6.38. The second-order valence-corrected chi connectivity index (χ2v) is 6.38. The van der Waals surface area contributed by atoms with Gasteiger partial charge < -0.3 is 5.32 Å². The summed E-state index contributed by atoms with van der Waals surface area (Å²) in [6, 6.07) is 6.29. The number of hydrogen-bond donors (Lipinski definition) is 2. The molecule has 4 aromatic rings. The van der Waals surface area contributed by atoms with Gasteiger partial charge in [-0.3, -0.25) is 14.6 Å². The van der Waals surface area contributed by atoms with Crippen LogP contribution in [0.5, 0.6) is 0 Å². The maximum atomic E-state index is 14.7. The lowest BCUT2D eigenvalue weighted by Gasteiger charge is -2.09. The normalized spacial score (nSPS) is 11.4. The summed E-state index contributed by atoms with van der Waals surface area (Å²) in [4.78, 5) is 12.5. The van der Waals surface area contributed by atoms with E-state index in [1.54, 1.807) is 25.2 Å². The van der Waals surface area contributed by atoms with Gasteiger partial charge in [-0.15, -0.1) is 0 Å². The Balaban J connectivity index is 1.71. The topological polar surface area (TPSA) is 75.6 Å². The van der Waals surface area contributed by atoms with Gasteiger partial charge in [-0.1, -0.05) is 13.3 Å². The van der Waals surface area contributed by atoms with Crippen LogP contribution in [-0.4, -0.2) is 25.9 Å². The minimum Gasteiger partial charge on any atom is -0.322 e. The van der Waals surface area contributed by atoms with Crippen LogP contribution in [0.2, 0.25) is 0 Å². The van der Waals surface area contributed by atoms with Gasteiger partial charge in [0.2, 0.25) is 0 Å². The summed E-state index contributed by atoms with van der Waals surface area (Å²) in [6.45, 7) is 2.05. The molecule has 0 atom stereocenters. The molecule has 1 amide bonds. The fourth-order valence-corrected chi connectivity index (χ4v) is 3.19. The minimum absolute atomic E-state index is 0.0968. The maximum Gasteiger partial charge on any atom is 0.261 e. The van der Waals surface area contributed by atoms with Crippen molar-refractivity contribution in [2.75, 3.05) is 5.32 Å². The number of fused-ring (bicyclic) bond motifs is 2. The molecule has 2 aromatic heterocycles. The SMILES string of the molecule is CCCc1n[nH]c2ccc(NC(=O)c3c(F)cc4c(cnn4C)c3F)cc12. The van der Waals surface area contributed by atoms with E-state index in [0.29, 0.717) is 5.69 Å². The van der Waals surface area contributed by atoms with Crippen LogP contribution >= 0.6 is 0 Å². The lowest BCUT2D eigenvalue weighted by molar-refractivity contribution is 0.101. The number of amides is 1. The lowest BCUT2D eigenvalue weighted by atomic mass is 10.1. The molecular formula is C19H17F2N5O. The Morgan fingerprint density at radius 2 is 2.07 bits per heavy atom. The Kier molecular flexibility index (Phi) is 4.10. The van der Waals surface area contributed by atoms with E-state index in [1.165, 1.54) is 10.9 Å². The van der Waals surface area contributed by atoms with E-state index in [-0.39, 0.29) is 10.9 Å². The van der Waals surface area contributed by atoms with Gasteiger partial charge in [0.15, 0.2) is 0 Å². The van der Waals surface area contributed by atoms with Gasteiger partial charge in [0.25, 0.3) is 5.91 Å². The Morgan fingerprint density at radius 3 is 2.85 bits per heavy atom. The summed E-state index contributed by atoms with van der Waals surface area (Å²) in [6.07, 6.45) is 2.99. The van der Waals surface area contributed by atoms with Gasteiger partial charge >= 0.3 is 0 Å². The summed E-state index contributed by atoms with van der Waals surface area (Å²) in [5, 5.41) is 14.6. The number of nitrogens with one attached hydrogen (secondary N) is 2. The first-order valence-electron chi connectivity index (χ1n) is 8.57. The lowest BCUT2D eigenvalue weighted by Crippen LogP contribution is -2.16. The highest BCUT2D eigenvalue weighted by Gasteiger charge is 2.22. The highest BCUT2D eigenvalue weighted by atomic mass is 19.1. The molecule has 0 spiro atoms. The van der Waals surface area contributed by atoms with Crippen molar-refractivity contribution in [2.45, 2.75) is 19.8 Å². The Bertz CT molecular complexity index is 1180. The number of aromatic amines is 1. The van der Waals surface area contributed by atoms with Crippen molar-refractivity contribution in [3.05, 3.63) is 53.4 Å². The molecule has 0 aliphatic rings. The summed E-state index contributed by atoms with van der Waals surface area (Å²) in [5.74, 6) is -2.71. The number of aryl methyl sites for hydroxylation is 2. The fourth-order valence-electron chi connectivity index (χ4n) is 3.19. The van der Waals surface area contributed by atoms with E-state index < -0.39 is 23.1 Å². The average Bonchev–Trinajstić information content (AvgIpc) is 3.20. The summed E-state index contributed by atoms with van der Waals surface area (Å²) < 4.78 is 30.4. The highest BCUT2D eigenvalue weighted by Crippen LogP contribution is 2.26. The third kappa shape index (κ3) is 2.83. The van der Waals surface area contributed by atoms with Gasteiger partial charge in [-0.2, -0.15) is 10.2 Å². The summed E-state index contributed by atoms with van der Waals surface area (Å²) in [7, 11) is 1.58. The van der Waals surface area contributed by atoms with E-state index in [1.807, 2.05) is 6.92 Å². The Morgan fingerprint density at radius 1 is 1.26 bits per heavy atom. The second kappa shape index (κ2) is 6.46. The van der Waals surface area contributed by atoms with Crippen LogP contribution in [0.4, 0.5) is 14.5 Å². The molecule has 0 unspecified atom stereocenters. The molecule has 6 nitrogen and oxygen atoms in total. The van der Waals surface area contributed by atoms with Gasteiger partial charge in [-0.05, 0) is 24.6 Å². The molecule has 0 saturated heterocycles. The first-order valence-corrected chi connectivity index (χ1v) is 8.57. The Hall–Kier alpha value is -3.29. The van der Waals surface area contributed by atoms with Crippen molar-refractivity contribution in [1.29, 1.82) is 0 Å². The maximum absolute atomic E-state index is 14.7. The third-order valence-electron chi connectivity index (χ3n) is 4.56. The van der Waals surface area contributed by atoms with E-state index in [4.69, 9.17) is 0 Å². The number of benzene rings is 2. The average molecular weight is 369 g/mol. The summed E-state index contributed by atoms with van der Waals surface area (Å²) >= 11 is 0. The largest absolute Gasteiger partial charge is 0.322 e. The van der Waals surface area contributed by atoms with Gasteiger partial charge in [0.1, 0.15) is 17.2 Å². The monoisotopic (exact) mass is 369 g/mol. The third-order valence-corrected chi connectivity index (χ3v) is 4.56. The van der Waals surface area contributed by atoms with Crippen LogP contribution in [0, 0.1) is 11.6 Å². The number of carbonyl (C=O) groups is 1. The van der Waals surface area contributed by atoms with E-state index in [2.05, 4.69) is 20.6 Å². The molecular weight excluding hydrogens is 352 g/mol. The number of halogens is 2. The predicted molar refractivity (Wildman–Crippen MR) is 98.7 cm³/mol. The highest BCUT2D eigenvalue weighted by molar-refractivity contribution is 6.07. The zero-order chi connectivity index (χ0) is 19.1. The van der Waals surface area contributed by atoms with Crippen molar-refractivity contribution >= 4 is 33.4 Å². The number of aromatic nitrogens is 4. The van der Waals surface area contributed by atoms with Crippen molar-refractivity contribution < 1.29 is 13.6 Å². The standard InChI is InChI=1S/C19H17F2N5O/c1-3-4-14-11-7-10(5-6-15(11)25-24-14)23-19(27)17-13(20)8-16-12(18(17)21)9-22-26(16)2/h5-9H,3-4H2,1-2H3,(H,23,27)(H,24,25). The summed E-state index contributed by atoms with van der Waals surface area (Å²) in [5.41, 5.74) is 1.82. The zero-order valence-electron chi connectivity index (χ0n) is 14.8. The van der Waals surface area contributed by atoms with Gasteiger partial charge in [-0.25, -0.2) is 8.78 Å². The molecule has 27 heavy (non-hydrogen) atoms. The zero-order valence-corrected chi connectivity index (χ0v) is 14.8. The van der Waals surface area contributed by atoms with Crippen molar-refractivity contribution in [1.82, 2.24) is 20.0 Å². The van der Waals surface area contributed by atoms with Crippen LogP contribution < -0.4 is 5.32 Å². The minimum atomic E-state index is -0.933. The number of hydrogen-bond acceptors (Lipinski definition) is 3. The molecule has 4 rings (SSSR count). The van der Waals surface area contributed by atoms with E-state index >= 15 is 0 Å². The number of rotatable bonds is 4. The molecule has 0 aliphatic carbocycles. The molecule has 8 heteroatoms. The van der Waals surface area contributed by atoms with Crippen LogP contribution in [-0.2, 0) is 13.5 Å².